The second-order valence-corrected chi connectivity index (χ2v) is 5.21. The summed E-state index contributed by atoms with van der Waals surface area (Å²) in [6, 6.07) is 8.65. The lowest BCUT2D eigenvalue weighted by molar-refractivity contribution is 0.178. The summed E-state index contributed by atoms with van der Waals surface area (Å²) in [4.78, 5) is 0. The maximum atomic E-state index is 9.41. The lowest BCUT2D eigenvalue weighted by Crippen LogP contribution is -2.18. The summed E-state index contributed by atoms with van der Waals surface area (Å²) in [6.07, 6.45) is 2.61. The summed E-state index contributed by atoms with van der Waals surface area (Å²) in [7, 11) is 1.71. The van der Waals surface area contributed by atoms with E-state index in [0.717, 1.165) is 32.7 Å². The van der Waals surface area contributed by atoms with Crippen LogP contribution in [0.4, 0.5) is 0 Å². The van der Waals surface area contributed by atoms with Crippen LogP contribution in [0.2, 0.25) is 0 Å². The molecule has 0 spiro atoms. The Kier molecular flexibility index (Phi) is 5.59. The number of nitrogens with zero attached hydrogens (tertiary/aromatic N) is 1. The summed E-state index contributed by atoms with van der Waals surface area (Å²) in [5.74, 6) is 0. The highest BCUT2D eigenvalue weighted by atomic mass is 16.5. The molecule has 1 unspecified atom stereocenters. The van der Waals surface area contributed by atoms with Gasteiger partial charge in [-0.2, -0.15) is 0 Å². The van der Waals surface area contributed by atoms with Crippen molar-refractivity contribution in [3.8, 4) is 0 Å². The van der Waals surface area contributed by atoms with Crippen LogP contribution in [0.15, 0.2) is 30.5 Å². The van der Waals surface area contributed by atoms with Gasteiger partial charge in [0.05, 0.1) is 12.7 Å². The molecule has 0 amide bonds. The number of aliphatic hydroxyl groups excluding tert-OH is 1. The molecule has 110 valence electrons. The van der Waals surface area contributed by atoms with Gasteiger partial charge in [0.15, 0.2) is 0 Å². The molecule has 0 bridgehead atoms. The van der Waals surface area contributed by atoms with Gasteiger partial charge >= 0.3 is 0 Å². The van der Waals surface area contributed by atoms with Crippen LogP contribution in [0.3, 0.4) is 0 Å². The topological polar surface area (TPSA) is 46.4 Å². The van der Waals surface area contributed by atoms with Crippen molar-refractivity contribution in [3.63, 3.8) is 0 Å². The molecule has 0 aliphatic rings. The first-order valence-corrected chi connectivity index (χ1v) is 7.16. The Morgan fingerprint density at radius 2 is 2.20 bits per heavy atom. The zero-order valence-electron chi connectivity index (χ0n) is 12.3. The van der Waals surface area contributed by atoms with E-state index in [9.17, 15) is 5.11 Å². The zero-order valence-corrected chi connectivity index (χ0v) is 12.3. The second kappa shape index (κ2) is 7.43. The SMILES string of the molecule is COCCNCc1ccc2ccn(CCC(C)O)c2c1. The van der Waals surface area contributed by atoms with Crippen molar-refractivity contribution in [3.05, 3.63) is 36.0 Å². The Hall–Kier alpha value is -1.36. The summed E-state index contributed by atoms with van der Waals surface area (Å²) in [5.41, 5.74) is 2.50. The molecular formula is C16H24N2O2. The molecule has 2 N–H and O–H groups in total. The van der Waals surface area contributed by atoms with Crippen LogP contribution in [0, 0.1) is 0 Å². The van der Waals surface area contributed by atoms with Crippen LogP contribution in [-0.4, -0.2) is 36.0 Å². The van der Waals surface area contributed by atoms with Crippen molar-refractivity contribution in [1.29, 1.82) is 0 Å². The molecule has 0 saturated carbocycles. The minimum atomic E-state index is -0.258. The molecule has 20 heavy (non-hydrogen) atoms. The highest BCUT2D eigenvalue weighted by Gasteiger charge is 2.04. The van der Waals surface area contributed by atoms with Crippen molar-refractivity contribution < 1.29 is 9.84 Å². The first-order valence-electron chi connectivity index (χ1n) is 7.16. The molecule has 2 rings (SSSR count). The van der Waals surface area contributed by atoms with Crippen molar-refractivity contribution in [2.45, 2.75) is 32.5 Å². The van der Waals surface area contributed by atoms with E-state index in [0.29, 0.717) is 0 Å². The minimum Gasteiger partial charge on any atom is -0.393 e. The molecule has 0 fully saturated rings. The molecular weight excluding hydrogens is 252 g/mol. The van der Waals surface area contributed by atoms with Crippen LogP contribution in [0.1, 0.15) is 18.9 Å². The van der Waals surface area contributed by atoms with Gasteiger partial charge in [0, 0.05) is 38.5 Å². The monoisotopic (exact) mass is 276 g/mol. The predicted octanol–water partition coefficient (Wildman–Crippen LogP) is 2.15. The smallest absolute Gasteiger partial charge is 0.0587 e. The standard InChI is InChI=1S/C16H24N2O2/c1-13(19)5-8-18-9-6-15-4-3-14(11-16(15)18)12-17-7-10-20-2/h3-4,6,9,11,13,17,19H,5,7-8,10,12H2,1-2H3. The second-order valence-electron chi connectivity index (χ2n) is 5.21. The number of methoxy groups -OCH3 is 1. The first kappa shape index (κ1) is 15.0. The minimum absolute atomic E-state index is 0.258. The largest absolute Gasteiger partial charge is 0.393 e. The van der Waals surface area contributed by atoms with Crippen molar-refractivity contribution in [2.75, 3.05) is 20.3 Å². The molecule has 2 aromatic rings. The maximum absolute atomic E-state index is 9.41. The number of benzene rings is 1. The van der Waals surface area contributed by atoms with E-state index in [2.05, 4.69) is 40.3 Å². The number of rotatable bonds is 8. The van der Waals surface area contributed by atoms with Crippen molar-refractivity contribution in [1.82, 2.24) is 9.88 Å². The maximum Gasteiger partial charge on any atom is 0.0587 e. The van der Waals surface area contributed by atoms with Gasteiger partial charge < -0.3 is 19.7 Å². The Labute approximate surface area is 120 Å². The fraction of sp³-hybridized carbons (Fsp3) is 0.500. The average molecular weight is 276 g/mol. The summed E-state index contributed by atoms with van der Waals surface area (Å²) in [6.45, 7) is 5.12. The third-order valence-electron chi connectivity index (χ3n) is 3.44. The number of hydrogen-bond donors (Lipinski definition) is 2. The van der Waals surface area contributed by atoms with Gasteiger partial charge in [-0.25, -0.2) is 0 Å². The Morgan fingerprint density at radius 1 is 1.35 bits per heavy atom. The highest BCUT2D eigenvalue weighted by Crippen LogP contribution is 2.18. The van der Waals surface area contributed by atoms with Gasteiger partial charge in [-0.1, -0.05) is 12.1 Å². The van der Waals surface area contributed by atoms with E-state index in [4.69, 9.17) is 4.74 Å². The lowest BCUT2D eigenvalue weighted by Gasteiger charge is -2.09. The number of aryl methyl sites for hydroxylation is 1. The van der Waals surface area contributed by atoms with E-state index in [1.165, 1.54) is 16.5 Å². The van der Waals surface area contributed by atoms with Crippen LogP contribution in [0.5, 0.6) is 0 Å². The number of fused-ring (bicyclic) bond motifs is 1. The fourth-order valence-corrected chi connectivity index (χ4v) is 2.27. The van der Waals surface area contributed by atoms with Crippen LogP contribution >= 0.6 is 0 Å². The summed E-state index contributed by atoms with van der Waals surface area (Å²) >= 11 is 0. The third-order valence-corrected chi connectivity index (χ3v) is 3.44. The summed E-state index contributed by atoms with van der Waals surface area (Å²) in [5, 5.41) is 14.0. The van der Waals surface area contributed by atoms with E-state index < -0.39 is 0 Å². The van der Waals surface area contributed by atoms with E-state index in [-0.39, 0.29) is 6.10 Å². The van der Waals surface area contributed by atoms with Crippen molar-refractivity contribution in [2.24, 2.45) is 0 Å². The van der Waals surface area contributed by atoms with E-state index in [1.807, 2.05) is 6.92 Å². The molecule has 0 radical (unpaired) electrons. The Balaban J connectivity index is 2.04. The summed E-state index contributed by atoms with van der Waals surface area (Å²) < 4.78 is 7.23. The van der Waals surface area contributed by atoms with Gasteiger partial charge in [0.25, 0.3) is 0 Å². The fourth-order valence-electron chi connectivity index (χ4n) is 2.27. The van der Waals surface area contributed by atoms with E-state index >= 15 is 0 Å². The molecule has 1 heterocycles. The van der Waals surface area contributed by atoms with Gasteiger partial charge in [0.2, 0.25) is 0 Å². The molecule has 0 aliphatic heterocycles. The van der Waals surface area contributed by atoms with Gasteiger partial charge in [0.1, 0.15) is 0 Å². The third kappa shape index (κ3) is 4.07. The number of hydrogen-bond acceptors (Lipinski definition) is 3. The Bertz CT molecular complexity index is 534. The van der Waals surface area contributed by atoms with Crippen LogP contribution in [-0.2, 0) is 17.8 Å². The van der Waals surface area contributed by atoms with Crippen LogP contribution in [0.25, 0.3) is 10.9 Å². The number of nitrogens with one attached hydrogen (secondary N) is 1. The quantitative estimate of drug-likeness (QED) is 0.726. The molecule has 1 aromatic carbocycles. The lowest BCUT2D eigenvalue weighted by atomic mass is 10.1. The first-order chi connectivity index (χ1) is 9.70. The molecule has 4 heteroatoms. The predicted molar refractivity (Wildman–Crippen MR) is 81.8 cm³/mol. The molecule has 0 aliphatic carbocycles. The average Bonchev–Trinajstić information content (AvgIpc) is 2.84. The highest BCUT2D eigenvalue weighted by molar-refractivity contribution is 5.80. The number of ether oxygens (including phenoxy) is 1. The van der Waals surface area contributed by atoms with Gasteiger partial charge in [-0.05, 0) is 36.4 Å². The zero-order chi connectivity index (χ0) is 14.4. The molecule has 0 saturated heterocycles. The van der Waals surface area contributed by atoms with E-state index in [1.54, 1.807) is 7.11 Å². The molecule has 1 aromatic heterocycles. The van der Waals surface area contributed by atoms with Crippen molar-refractivity contribution >= 4 is 10.9 Å². The van der Waals surface area contributed by atoms with Gasteiger partial charge in [-0.15, -0.1) is 0 Å². The normalized spacial score (nSPS) is 12.9. The number of aromatic nitrogens is 1. The molecule has 1 atom stereocenters. The number of aliphatic hydroxyl groups is 1. The van der Waals surface area contributed by atoms with Crippen LogP contribution < -0.4 is 5.32 Å². The molecule has 4 nitrogen and oxygen atoms in total. The Morgan fingerprint density at radius 3 is 2.95 bits per heavy atom. The van der Waals surface area contributed by atoms with Gasteiger partial charge in [-0.3, -0.25) is 0 Å².